The molecule has 0 bridgehead atoms. The van der Waals surface area contributed by atoms with E-state index in [0.717, 1.165) is 36.2 Å². The molecule has 0 fully saturated rings. The molecular formula is C19H22ClFN2O3S. The van der Waals surface area contributed by atoms with E-state index in [9.17, 15) is 17.6 Å². The van der Waals surface area contributed by atoms with Gasteiger partial charge in [0.05, 0.1) is 10.1 Å². The van der Waals surface area contributed by atoms with E-state index >= 15 is 0 Å². The van der Waals surface area contributed by atoms with Gasteiger partial charge in [-0.25, -0.2) is 12.8 Å². The van der Waals surface area contributed by atoms with Crippen LogP contribution in [0.4, 0.5) is 15.8 Å². The van der Waals surface area contributed by atoms with Gasteiger partial charge < -0.3 is 10.6 Å². The molecule has 1 unspecified atom stereocenters. The van der Waals surface area contributed by atoms with E-state index in [1.807, 2.05) is 6.07 Å². The fraction of sp³-hybridized carbons (Fsp3) is 0.316. The molecule has 1 atom stereocenters. The Morgan fingerprint density at radius 1 is 1.22 bits per heavy atom. The molecule has 5 nitrogen and oxygen atoms in total. The first kappa shape index (κ1) is 21.2. The summed E-state index contributed by atoms with van der Waals surface area (Å²) < 4.78 is 38.3. The van der Waals surface area contributed by atoms with E-state index in [-0.39, 0.29) is 29.6 Å². The minimum absolute atomic E-state index is 0. The number of nitrogens with zero attached hydrogens (tertiary/aromatic N) is 1. The smallest absolute Gasteiger partial charge is 0.228 e. The van der Waals surface area contributed by atoms with Crippen LogP contribution >= 0.6 is 12.4 Å². The molecule has 0 saturated heterocycles. The molecular weight excluding hydrogens is 391 g/mol. The number of carbonyl (C=O) groups excluding carboxylic acids is 1. The number of benzene rings is 2. The summed E-state index contributed by atoms with van der Waals surface area (Å²) in [4.78, 5) is 14.4. The fourth-order valence-corrected chi connectivity index (χ4v) is 4.58. The lowest BCUT2D eigenvalue weighted by Gasteiger charge is -2.31. The van der Waals surface area contributed by atoms with Gasteiger partial charge in [-0.2, -0.15) is 0 Å². The summed E-state index contributed by atoms with van der Waals surface area (Å²) in [6, 6.07) is 10.1. The third-order valence-corrected chi connectivity index (χ3v) is 6.88. The van der Waals surface area contributed by atoms with Crippen LogP contribution in [0.25, 0.3) is 0 Å². The minimum Gasteiger partial charge on any atom is -0.398 e. The largest absolute Gasteiger partial charge is 0.398 e. The van der Waals surface area contributed by atoms with Gasteiger partial charge in [-0.1, -0.05) is 6.07 Å². The number of hydrogen-bond acceptors (Lipinski definition) is 4. The van der Waals surface area contributed by atoms with Crippen molar-refractivity contribution in [3.05, 3.63) is 53.8 Å². The van der Waals surface area contributed by atoms with Crippen molar-refractivity contribution in [3.8, 4) is 0 Å². The highest BCUT2D eigenvalue weighted by Crippen LogP contribution is 2.32. The van der Waals surface area contributed by atoms with Crippen molar-refractivity contribution in [2.45, 2.75) is 36.3 Å². The monoisotopic (exact) mass is 412 g/mol. The van der Waals surface area contributed by atoms with Gasteiger partial charge in [-0.15, -0.1) is 12.4 Å². The van der Waals surface area contributed by atoms with Crippen LogP contribution < -0.4 is 10.6 Å². The van der Waals surface area contributed by atoms with Crippen LogP contribution in [-0.2, 0) is 21.1 Å². The zero-order chi connectivity index (χ0) is 18.9. The van der Waals surface area contributed by atoms with Crippen LogP contribution in [0.5, 0.6) is 0 Å². The Hall–Kier alpha value is -2.12. The molecule has 1 amide bonds. The Balaban J connectivity index is 0.00000261. The van der Waals surface area contributed by atoms with Crippen LogP contribution in [-0.4, -0.2) is 26.1 Å². The average molecular weight is 413 g/mol. The molecule has 2 aromatic rings. The van der Waals surface area contributed by atoms with E-state index in [2.05, 4.69) is 0 Å². The first-order valence-corrected chi connectivity index (χ1v) is 10.0. The van der Waals surface area contributed by atoms with Crippen molar-refractivity contribution >= 4 is 39.5 Å². The highest BCUT2D eigenvalue weighted by molar-refractivity contribution is 7.92. The Kier molecular flexibility index (Phi) is 6.49. The summed E-state index contributed by atoms with van der Waals surface area (Å²) in [7, 11) is -3.71. The highest BCUT2D eigenvalue weighted by atomic mass is 35.5. The number of fused-ring (bicyclic) bond motifs is 1. The summed E-state index contributed by atoms with van der Waals surface area (Å²) in [5.41, 5.74) is 8.33. The Morgan fingerprint density at radius 3 is 2.56 bits per heavy atom. The Bertz CT molecular complexity index is 932. The number of hydrogen-bond donors (Lipinski definition) is 1. The zero-order valence-electron chi connectivity index (χ0n) is 14.9. The molecule has 0 spiro atoms. The van der Waals surface area contributed by atoms with Gasteiger partial charge in [0.25, 0.3) is 0 Å². The van der Waals surface area contributed by atoms with Crippen molar-refractivity contribution in [1.29, 1.82) is 0 Å². The molecule has 27 heavy (non-hydrogen) atoms. The second-order valence-electron chi connectivity index (χ2n) is 6.51. The number of carbonyl (C=O) groups is 1. The lowest BCUT2D eigenvalue weighted by molar-refractivity contribution is -0.118. The molecule has 0 radical (unpaired) electrons. The van der Waals surface area contributed by atoms with Crippen LogP contribution in [0.2, 0.25) is 0 Å². The predicted molar refractivity (Wildman–Crippen MR) is 106 cm³/mol. The molecule has 1 aliphatic heterocycles. The molecule has 1 aliphatic rings. The minimum atomic E-state index is -3.71. The maximum Gasteiger partial charge on any atom is 0.228 e. The summed E-state index contributed by atoms with van der Waals surface area (Å²) in [6.07, 6.45) is 1.44. The number of amides is 1. The number of sulfone groups is 1. The molecule has 2 aromatic carbocycles. The van der Waals surface area contributed by atoms with E-state index in [0.29, 0.717) is 12.2 Å². The molecule has 3 rings (SSSR count). The second-order valence-corrected chi connectivity index (χ2v) is 8.87. The van der Waals surface area contributed by atoms with Crippen LogP contribution in [0.1, 0.15) is 25.3 Å². The van der Waals surface area contributed by atoms with Gasteiger partial charge in [0.15, 0.2) is 9.84 Å². The van der Waals surface area contributed by atoms with E-state index in [1.54, 1.807) is 17.0 Å². The lowest BCUT2D eigenvalue weighted by atomic mass is 9.99. The number of anilines is 2. The van der Waals surface area contributed by atoms with E-state index < -0.39 is 20.9 Å². The zero-order valence-corrected chi connectivity index (χ0v) is 16.5. The molecule has 8 heteroatoms. The number of rotatable bonds is 4. The van der Waals surface area contributed by atoms with Crippen molar-refractivity contribution in [1.82, 2.24) is 0 Å². The van der Waals surface area contributed by atoms with Gasteiger partial charge in [-0.3, -0.25) is 4.79 Å². The van der Waals surface area contributed by atoms with Gasteiger partial charge in [0.1, 0.15) is 5.82 Å². The molecule has 0 aromatic heterocycles. The van der Waals surface area contributed by atoms with Crippen molar-refractivity contribution in [2.24, 2.45) is 0 Å². The first-order valence-electron chi connectivity index (χ1n) is 8.48. The topological polar surface area (TPSA) is 80.5 Å². The number of halogens is 2. The summed E-state index contributed by atoms with van der Waals surface area (Å²) in [5, 5.41) is -0.910. The Labute approximate surface area is 164 Å². The van der Waals surface area contributed by atoms with Gasteiger partial charge >= 0.3 is 0 Å². The number of nitrogens with two attached hydrogens (primary N) is 1. The summed E-state index contributed by atoms with van der Waals surface area (Å²) in [6.45, 7) is 2.04. The highest BCUT2D eigenvalue weighted by Gasteiger charge is 2.30. The SMILES string of the molecule is CC(CC(=O)N1CCCc2c(N)cccc21)S(=O)(=O)c1ccc(F)cc1.Cl. The van der Waals surface area contributed by atoms with Gasteiger partial charge in [0.2, 0.25) is 5.91 Å². The lowest BCUT2D eigenvalue weighted by Crippen LogP contribution is -2.38. The third-order valence-electron chi connectivity index (χ3n) is 4.72. The molecule has 2 N–H and O–H groups in total. The van der Waals surface area contributed by atoms with Gasteiger partial charge in [0, 0.05) is 24.3 Å². The third kappa shape index (κ3) is 4.25. The molecule has 0 saturated carbocycles. The van der Waals surface area contributed by atoms with E-state index in [1.165, 1.54) is 19.1 Å². The predicted octanol–water partition coefficient (Wildman–Crippen LogP) is 3.36. The average Bonchev–Trinajstić information content (AvgIpc) is 2.62. The summed E-state index contributed by atoms with van der Waals surface area (Å²) in [5.74, 6) is -0.759. The van der Waals surface area contributed by atoms with Gasteiger partial charge in [-0.05, 0) is 61.7 Å². The first-order chi connectivity index (χ1) is 12.3. The quantitative estimate of drug-likeness (QED) is 0.616. The van der Waals surface area contributed by atoms with Crippen molar-refractivity contribution < 1.29 is 17.6 Å². The number of nitrogen functional groups attached to an aromatic ring is 1. The van der Waals surface area contributed by atoms with Crippen LogP contribution in [0.3, 0.4) is 0 Å². The van der Waals surface area contributed by atoms with E-state index in [4.69, 9.17) is 5.73 Å². The fourth-order valence-electron chi connectivity index (χ4n) is 3.23. The van der Waals surface area contributed by atoms with Crippen LogP contribution in [0.15, 0.2) is 47.4 Å². The molecule has 1 heterocycles. The van der Waals surface area contributed by atoms with Crippen molar-refractivity contribution in [3.63, 3.8) is 0 Å². The Morgan fingerprint density at radius 2 is 1.89 bits per heavy atom. The maximum atomic E-state index is 13.0. The van der Waals surface area contributed by atoms with Crippen LogP contribution in [0, 0.1) is 5.82 Å². The second kappa shape index (κ2) is 8.27. The molecule has 0 aliphatic carbocycles. The molecule has 146 valence electrons. The normalized spacial score (nSPS) is 14.8. The van der Waals surface area contributed by atoms with Crippen molar-refractivity contribution in [2.75, 3.05) is 17.2 Å². The standard InChI is InChI=1S/C19H21FN2O3S.ClH/c1-13(26(24,25)15-9-7-14(20)8-10-15)12-19(23)22-11-3-4-16-17(21)5-2-6-18(16)22;/h2,5-10,13H,3-4,11-12,21H2,1H3;1H. The summed E-state index contributed by atoms with van der Waals surface area (Å²) >= 11 is 0. The maximum absolute atomic E-state index is 13.0.